The average molecular weight is 373 g/mol. The fourth-order valence-corrected chi connectivity index (χ4v) is 2.74. The molecule has 1 aromatic rings. The molecule has 144 valence electrons. The largest absolute Gasteiger partial charge is 0.405 e. The number of hydrogen-bond donors (Lipinski definition) is 4. The number of nitrogens with one attached hydrogen (secondary N) is 3. The lowest BCUT2D eigenvalue weighted by Crippen LogP contribution is -2.41. The summed E-state index contributed by atoms with van der Waals surface area (Å²) in [4.78, 5) is 23.9. The van der Waals surface area contributed by atoms with Gasteiger partial charge in [-0.15, -0.1) is 0 Å². The number of carbonyl (C=O) groups excluding carboxylic acids is 2. The highest BCUT2D eigenvalue weighted by molar-refractivity contribution is 5.97. The van der Waals surface area contributed by atoms with Crippen LogP contribution in [-0.4, -0.2) is 41.9 Å². The molecular weight excluding hydrogens is 351 g/mol. The van der Waals surface area contributed by atoms with E-state index in [1.807, 2.05) is 0 Å². The molecule has 0 bridgehead atoms. The molecule has 1 saturated carbocycles. The summed E-state index contributed by atoms with van der Waals surface area (Å²) in [6.45, 7) is 0.292. The van der Waals surface area contributed by atoms with Gasteiger partial charge in [-0.25, -0.2) is 4.79 Å². The third-order valence-corrected chi connectivity index (χ3v) is 4.23. The second-order valence-electron chi connectivity index (χ2n) is 6.43. The molecule has 1 aromatic carbocycles. The van der Waals surface area contributed by atoms with Crippen LogP contribution in [0.5, 0.6) is 0 Å². The predicted molar refractivity (Wildman–Crippen MR) is 90.0 cm³/mol. The van der Waals surface area contributed by atoms with E-state index in [9.17, 15) is 27.9 Å². The van der Waals surface area contributed by atoms with Crippen LogP contribution in [-0.2, 0) is 0 Å². The van der Waals surface area contributed by atoms with Gasteiger partial charge in [0.1, 0.15) is 6.54 Å². The Morgan fingerprint density at radius 2 is 1.85 bits per heavy atom. The van der Waals surface area contributed by atoms with E-state index in [0.29, 0.717) is 36.9 Å². The molecule has 0 saturated heterocycles. The van der Waals surface area contributed by atoms with Gasteiger partial charge >= 0.3 is 12.2 Å². The second kappa shape index (κ2) is 8.39. The highest BCUT2D eigenvalue weighted by Crippen LogP contribution is 2.20. The van der Waals surface area contributed by atoms with Crippen molar-refractivity contribution in [3.63, 3.8) is 0 Å². The number of halogens is 3. The van der Waals surface area contributed by atoms with E-state index in [1.54, 1.807) is 18.3 Å². The molecule has 0 unspecified atom stereocenters. The molecule has 1 aliphatic rings. The number of aryl methyl sites for hydroxylation is 1. The lowest BCUT2D eigenvalue weighted by Gasteiger charge is -2.26. The van der Waals surface area contributed by atoms with Crippen LogP contribution in [0.3, 0.4) is 0 Å². The predicted octanol–water partition coefficient (Wildman–Crippen LogP) is 2.71. The first-order chi connectivity index (χ1) is 12.1. The maximum Gasteiger partial charge on any atom is 0.405 e. The zero-order valence-electron chi connectivity index (χ0n) is 14.3. The Labute approximate surface area is 149 Å². The van der Waals surface area contributed by atoms with Crippen LogP contribution in [0.25, 0.3) is 0 Å². The van der Waals surface area contributed by atoms with Crippen LogP contribution >= 0.6 is 0 Å². The molecule has 0 heterocycles. The second-order valence-corrected chi connectivity index (χ2v) is 6.43. The SMILES string of the molecule is Cc1ccc(C(=O)NCC(F)(F)F)cc1NC(=O)NC1CCC(O)CC1. The number of aliphatic hydroxyl groups is 1. The van der Waals surface area contributed by atoms with Gasteiger partial charge in [0.2, 0.25) is 0 Å². The highest BCUT2D eigenvalue weighted by Gasteiger charge is 2.28. The van der Waals surface area contributed by atoms with E-state index in [2.05, 4.69) is 10.6 Å². The quantitative estimate of drug-likeness (QED) is 0.654. The molecule has 9 heteroatoms. The molecule has 1 fully saturated rings. The van der Waals surface area contributed by atoms with Gasteiger partial charge in [-0.3, -0.25) is 4.79 Å². The number of rotatable bonds is 4. The Hall–Kier alpha value is -2.29. The first-order valence-corrected chi connectivity index (χ1v) is 8.35. The Morgan fingerprint density at radius 1 is 1.19 bits per heavy atom. The van der Waals surface area contributed by atoms with Crippen molar-refractivity contribution in [2.75, 3.05) is 11.9 Å². The van der Waals surface area contributed by atoms with Crippen molar-refractivity contribution in [2.45, 2.75) is 50.9 Å². The van der Waals surface area contributed by atoms with Crippen LogP contribution in [0.4, 0.5) is 23.7 Å². The number of benzene rings is 1. The standard InChI is InChI=1S/C17H22F3N3O3/c1-10-2-3-11(15(25)21-9-17(18,19)20)8-14(10)23-16(26)22-12-4-6-13(24)7-5-12/h2-3,8,12-13,24H,4-7,9H2,1H3,(H,21,25)(H2,22,23,26). The maximum absolute atomic E-state index is 12.2. The number of carbonyl (C=O) groups is 2. The lowest BCUT2D eigenvalue weighted by atomic mass is 9.93. The van der Waals surface area contributed by atoms with Gasteiger partial charge in [0.15, 0.2) is 0 Å². The van der Waals surface area contributed by atoms with E-state index >= 15 is 0 Å². The Bertz CT molecular complexity index is 656. The van der Waals surface area contributed by atoms with Gasteiger partial charge in [-0.1, -0.05) is 6.07 Å². The van der Waals surface area contributed by atoms with Gasteiger partial charge in [-0.2, -0.15) is 13.2 Å². The van der Waals surface area contributed by atoms with Gasteiger partial charge in [0.25, 0.3) is 5.91 Å². The maximum atomic E-state index is 12.2. The first-order valence-electron chi connectivity index (χ1n) is 8.35. The van der Waals surface area contributed by atoms with Crippen LogP contribution in [0, 0.1) is 6.92 Å². The summed E-state index contributed by atoms with van der Waals surface area (Å²) in [7, 11) is 0. The van der Waals surface area contributed by atoms with E-state index in [0.717, 1.165) is 0 Å². The fourth-order valence-electron chi connectivity index (χ4n) is 2.74. The van der Waals surface area contributed by atoms with Crippen LogP contribution in [0.2, 0.25) is 0 Å². The minimum atomic E-state index is -4.49. The minimum Gasteiger partial charge on any atom is -0.393 e. The number of alkyl halides is 3. The highest BCUT2D eigenvalue weighted by atomic mass is 19.4. The number of aliphatic hydroxyl groups excluding tert-OH is 1. The minimum absolute atomic E-state index is 0.0240. The average Bonchev–Trinajstić information content (AvgIpc) is 2.56. The molecule has 0 aromatic heterocycles. The zero-order chi connectivity index (χ0) is 19.3. The molecule has 0 atom stereocenters. The third kappa shape index (κ3) is 6.21. The number of anilines is 1. The molecule has 4 N–H and O–H groups in total. The smallest absolute Gasteiger partial charge is 0.393 e. The van der Waals surface area contributed by atoms with Crippen molar-refractivity contribution in [2.24, 2.45) is 0 Å². The Balaban J connectivity index is 1.96. The topological polar surface area (TPSA) is 90.5 Å². The van der Waals surface area contributed by atoms with Crippen molar-refractivity contribution >= 4 is 17.6 Å². The molecule has 6 nitrogen and oxygen atoms in total. The van der Waals surface area contributed by atoms with Crippen LogP contribution < -0.4 is 16.0 Å². The van der Waals surface area contributed by atoms with Gasteiger partial charge in [0, 0.05) is 17.3 Å². The summed E-state index contributed by atoms with van der Waals surface area (Å²) >= 11 is 0. The van der Waals surface area contributed by atoms with Crippen molar-refractivity contribution in [3.05, 3.63) is 29.3 Å². The molecule has 2 rings (SSSR count). The van der Waals surface area contributed by atoms with Gasteiger partial charge in [0.05, 0.1) is 6.10 Å². The van der Waals surface area contributed by atoms with Gasteiger partial charge in [-0.05, 0) is 50.3 Å². The fraction of sp³-hybridized carbons (Fsp3) is 0.529. The number of urea groups is 1. The van der Waals surface area contributed by atoms with E-state index < -0.39 is 24.7 Å². The monoisotopic (exact) mass is 373 g/mol. The summed E-state index contributed by atoms with van der Waals surface area (Å²) in [6, 6.07) is 3.78. The van der Waals surface area contributed by atoms with E-state index in [-0.39, 0.29) is 17.7 Å². The molecule has 26 heavy (non-hydrogen) atoms. The molecule has 0 aliphatic heterocycles. The van der Waals surface area contributed by atoms with Crippen LogP contribution in [0.15, 0.2) is 18.2 Å². The van der Waals surface area contributed by atoms with Crippen LogP contribution in [0.1, 0.15) is 41.6 Å². The summed E-state index contributed by atoms with van der Waals surface area (Å²) in [5.41, 5.74) is 1.04. The van der Waals surface area contributed by atoms with Crippen molar-refractivity contribution in [1.82, 2.24) is 10.6 Å². The van der Waals surface area contributed by atoms with Crippen molar-refractivity contribution in [1.29, 1.82) is 0 Å². The van der Waals surface area contributed by atoms with Crippen molar-refractivity contribution in [3.8, 4) is 0 Å². The van der Waals surface area contributed by atoms with E-state index in [1.165, 1.54) is 12.1 Å². The Morgan fingerprint density at radius 3 is 2.46 bits per heavy atom. The first kappa shape index (κ1) is 20.0. The molecule has 3 amide bonds. The summed E-state index contributed by atoms with van der Waals surface area (Å²) in [5.74, 6) is -0.868. The summed E-state index contributed by atoms with van der Waals surface area (Å²) < 4.78 is 36.6. The number of hydrogen-bond acceptors (Lipinski definition) is 3. The summed E-state index contributed by atoms with van der Waals surface area (Å²) in [6.07, 6.45) is -2.22. The Kier molecular flexibility index (Phi) is 6.47. The van der Waals surface area contributed by atoms with Gasteiger partial charge < -0.3 is 21.1 Å². The summed E-state index contributed by atoms with van der Waals surface area (Å²) in [5, 5.41) is 16.7. The third-order valence-electron chi connectivity index (χ3n) is 4.23. The van der Waals surface area contributed by atoms with E-state index in [4.69, 9.17) is 0 Å². The normalized spacial score (nSPS) is 20.3. The molecule has 0 radical (unpaired) electrons. The zero-order valence-corrected chi connectivity index (χ0v) is 14.3. The number of amides is 3. The molecule has 1 aliphatic carbocycles. The lowest BCUT2D eigenvalue weighted by molar-refractivity contribution is -0.123. The molecular formula is C17H22F3N3O3. The van der Waals surface area contributed by atoms with Crippen molar-refractivity contribution < 1.29 is 27.9 Å². The molecule has 0 spiro atoms.